The molecule has 1 unspecified atom stereocenters. The number of hydrogen-bond donors (Lipinski definition) is 4. The van der Waals surface area contributed by atoms with Crippen molar-refractivity contribution in [3.63, 3.8) is 0 Å². The Balaban J connectivity index is 1.19. The summed E-state index contributed by atoms with van der Waals surface area (Å²) in [6.45, 7) is 2.93. The number of nitrogens with zero attached hydrogens (tertiary/aromatic N) is 4. The first kappa shape index (κ1) is 35.2. The van der Waals surface area contributed by atoms with Crippen LogP contribution in [0, 0.1) is 29.6 Å². The quantitative estimate of drug-likeness (QED) is 0.201. The highest BCUT2D eigenvalue weighted by atomic mass is 19.1. The number of nitrogens with one attached hydrogen (secondary N) is 3. The van der Waals surface area contributed by atoms with Gasteiger partial charge in [0, 0.05) is 23.7 Å². The smallest absolute Gasteiger partial charge is 0.411 e. The van der Waals surface area contributed by atoms with Gasteiger partial charge in [-0.2, -0.15) is 5.21 Å². The molecule has 262 valence electrons. The van der Waals surface area contributed by atoms with Crippen molar-refractivity contribution in [1.82, 2.24) is 30.8 Å². The molecule has 2 aliphatic carbocycles. The van der Waals surface area contributed by atoms with Gasteiger partial charge in [-0.05, 0) is 79.3 Å². The molecular formula is C33H47FN8O6. The SMILES string of the molecule is CC(C)C(=O)O[C@@H](N)OC(=O)NC(CF)C1CCC(C(=O)N2CC[C@@H](C3CCCCC3)[C@H]2C(=O)Nc2ccc(-c3nn[nH]n3)cc2)CC1. The molecule has 0 bridgehead atoms. The third-order valence-electron chi connectivity index (χ3n) is 10.1. The predicted molar refractivity (Wildman–Crippen MR) is 172 cm³/mol. The Morgan fingerprint density at radius 1 is 1.00 bits per heavy atom. The molecule has 2 saturated carbocycles. The van der Waals surface area contributed by atoms with E-state index in [1.165, 1.54) is 6.42 Å². The van der Waals surface area contributed by atoms with Crippen LogP contribution in [0.25, 0.3) is 11.4 Å². The van der Waals surface area contributed by atoms with E-state index >= 15 is 0 Å². The van der Waals surface area contributed by atoms with Crippen molar-refractivity contribution in [2.24, 2.45) is 35.3 Å². The Bertz CT molecular complexity index is 1380. The fraction of sp³-hybridized carbons (Fsp3) is 0.667. The molecule has 3 fully saturated rings. The zero-order chi connectivity index (χ0) is 34.2. The molecule has 15 heteroatoms. The highest BCUT2D eigenvalue weighted by molar-refractivity contribution is 5.98. The molecule has 0 spiro atoms. The lowest BCUT2D eigenvalue weighted by atomic mass is 9.76. The Morgan fingerprint density at radius 3 is 2.33 bits per heavy atom. The lowest BCUT2D eigenvalue weighted by Gasteiger charge is -2.37. The van der Waals surface area contributed by atoms with Crippen molar-refractivity contribution in [3.8, 4) is 11.4 Å². The summed E-state index contributed by atoms with van der Waals surface area (Å²) in [6.07, 6.45) is 5.85. The topological polar surface area (TPSA) is 195 Å². The van der Waals surface area contributed by atoms with Crippen molar-refractivity contribution in [1.29, 1.82) is 0 Å². The number of carbonyl (C=O) groups is 4. The number of alkyl carbamates (subject to hydrolysis) is 1. The molecule has 4 atom stereocenters. The number of nitrogens with two attached hydrogens (primary N) is 1. The number of hydrogen-bond acceptors (Lipinski definition) is 10. The van der Waals surface area contributed by atoms with Crippen LogP contribution in [-0.4, -0.2) is 81.1 Å². The number of anilines is 1. The first-order valence-electron chi connectivity index (χ1n) is 17.1. The third kappa shape index (κ3) is 8.65. The molecule has 48 heavy (non-hydrogen) atoms. The van der Waals surface area contributed by atoms with Crippen LogP contribution >= 0.6 is 0 Å². The molecule has 1 saturated heterocycles. The minimum absolute atomic E-state index is 0.0403. The number of likely N-dealkylation sites (tertiary alicyclic amines) is 1. The molecule has 2 heterocycles. The highest BCUT2D eigenvalue weighted by Crippen LogP contribution is 2.41. The second-order valence-corrected chi connectivity index (χ2v) is 13.5. The maximum Gasteiger partial charge on any atom is 0.411 e. The maximum atomic E-state index is 14.1. The number of amides is 3. The van der Waals surface area contributed by atoms with Crippen LogP contribution in [0.5, 0.6) is 0 Å². The standard InChI is InChI=1S/C33H47FN8O6/c1-19(2)31(45)47-32(35)48-33(46)37-26(18-34)21-8-10-23(11-9-21)30(44)42-17-16-25(20-6-4-3-5-7-20)27(42)29(43)36-24-14-12-22(13-15-24)28-38-40-41-39-28/h12-15,19-21,23,25-27,32H,3-11,16-18,35H2,1-2H3,(H,36,43)(H,37,46)(H,38,39,40,41)/t21?,23?,25-,26?,27-,32+/m0/s1. The highest BCUT2D eigenvalue weighted by Gasteiger charge is 2.47. The second kappa shape index (κ2) is 16.3. The summed E-state index contributed by atoms with van der Waals surface area (Å²) in [5.41, 5.74) is 6.96. The average molecular weight is 671 g/mol. The molecule has 1 aromatic heterocycles. The summed E-state index contributed by atoms with van der Waals surface area (Å²) in [4.78, 5) is 53.8. The molecular weight excluding hydrogens is 623 g/mol. The van der Waals surface area contributed by atoms with Crippen molar-refractivity contribution < 1.29 is 33.0 Å². The molecule has 0 radical (unpaired) electrons. The van der Waals surface area contributed by atoms with Gasteiger partial charge in [0.2, 0.25) is 17.6 Å². The number of aromatic amines is 1. The van der Waals surface area contributed by atoms with Gasteiger partial charge in [-0.3, -0.25) is 20.1 Å². The summed E-state index contributed by atoms with van der Waals surface area (Å²) >= 11 is 0. The Kier molecular flexibility index (Phi) is 12.0. The molecule has 3 amide bonds. The van der Waals surface area contributed by atoms with Gasteiger partial charge in [-0.15, -0.1) is 10.2 Å². The van der Waals surface area contributed by atoms with E-state index in [9.17, 15) is 23.6 Å². The van der Waals surface area contributed by atoms with Gasteiger partial charge in [-0.1, -0.05) is 46.0 Å². The molecule has 14 nitrogen and oxygen atoms in total. The molecule has 1 aliphatic heterocycles. The first-order valence-corrected chi connectivity index (χ1v) is 17.1. The van der Waals surface area contributed by atoms with Crippen LogP contribution in [0.3, 0.4) is 0 Å². The number of aromatic nitrogens is 4. The van der Waals surface area contributed by atoms with Crippen LogP contribution in [0.4, 0.5) is 14.9 Å². The minimum Gasteiger partial charge on any atom is -0.411 e. The van der Waals surface area contributed by atoms with Crippen LogP contribution < -0.4 is 16.4 Å². The van der Waals surface area contributed by atoms with Crippen LogP contribution in [0.2, 0.25) is 0 Å². The predicted octanol–water partition coefficient (Wildman–Crippen LogP) is 3.91. The number of halogens is 1. The number of ether oxygens (including phenoxy) is 2. The second-order valence-electron chi connectivity index (χ2n) is 13.5. The van der Waals surface area contributed by atoms with Gasteiger partial charge < -0.3 is 25.0 Å². The normalized spacial score (nSPS) is 24.5. The average Bonchev–Trinajstić information content (AvgIpc) is 3.79. The summed E-state index contributed by atoms with van der Waals surface area (Å²) < 4.78 is 23.8. The molecule has 3 aliphatic rings. The van der Waals surface area contributed by atoms with Gasteiger partial charge in [0.15, 0.2) is 0 Å². The van der Waals surface area contributed by atoms with Crippen molar-refractivity contribution >= 4 is 29.6 Å². The maximum absolute atomic E-state index is 14.1. The summed E-state index contributed by atoms with van der Waals surface area (Å²) in [6, 6.07) is 5.79. The number of esters is 1. The first-order chi connectivity index (χ1) is 23.1. The van der Waals surface area contributed by atoms with E-state index in [0.29, 0.717) is 49.7 Å². The third-order valence-corrected chi connectivity index (χ3v) is 10.1. The van der Waals surface area contributed by atoms with E-state index in [1.807, 2.05) is 12.1 Å². The molecule has 5 rings (SSSR count). The Morgan fingerprint density at radius 2 is 1.71 bits per heavy atom. The molecule has 1 aromatic carbocycles. The minimum atomic E-state index is -1.60. The van der Waals surface area contributed by atoms with E-state index in [2.05, 4.69) is 31.3 Å². The number of tetrazole rings is 1. The van der Waals surface area contributed by atoms with Crippen molar-refractivity contribution in [2.45, 2.75) is 96.6 Å². The number of alkyl halides is 1. The van der Waals surface area contributed by atoms with Crippen molar-refractivity contribution in [2.75, 3.05) is 18.5 Å². The fourth-order valence-corrected chi connectivity index (χ4v) is 7.51. The Hall–Kier alpha value is -4.14. The zero-order valence-corrected chi connectivity index (χ0v) is 27.6. The van der Waals surface area contributed by atoms with E-state index < -0.39 is 43.2 Å². The van der Waals surface area contributed by atoms with Gasteiger partial charge in [-0.25, -0.2) is 9.18 Å². The molecule has 2 aromatic rings. The summed E-state index contributed by atoms with van der Waals surface area (Å²) in [5.74, 6) is -0.895. The number of benzene rings is 1. The number of rotatable bonds is 11. The summed E-state index contributed by atoms with van der Waals surface area (Å²) in [5, 5.41) is 19.6. The Labute approximate surface area is 279 Å². The van der Waals surface area contributed by atoms with Gasteiger partial charge >= 0.3 is 18.5 Å². The lowest BCUT2D eigenvalue weighted by Crippen LogP contribution is -2.50. The van der Waals surface area contributed by atoms with Gasteiger partial charge in [0.05, 0.1) is 12.0 Å². The molecule has 5 N–H and O–H groups in total. The van der Waals surface area contributed by atoms with E-state index in [0.717, 1.165) is 37.7 Å². The van der Waals surface area contributed by atoms with E-state index in [4.69, 9.17) is 15.2 Å². The number of carbonyl (C=O) groups excluding carboxylic acids is 4. The summed E-state index contributed by atoms with van der Waals surface area (Å²) in [7, 11) is 0. The van der Waals surface area contributed by atoms with Gasteiger partial charge in [0.25, 0.3) is 0 Å². The van der Waals surface area contributed by atoms with Crippen molar-refractivity contribution in [3.05, 3.63) is 24.3 Å². The zero-order valence-electron chi connectivity index (χ0n) is 27.6. The monoisotopic (exact) mass is 670 g/mol. The van der Waals surface area contributed by atoms with Crippen LogP contribution in [-0.2, 0) is 23.9 Å². The fourth-order valence-electron chi connectivity index (χ4n) is 7.51. The van der Waals surface area contributed by atoms with Gasteiger partial charge in [0.1, 0.15) is 12.7 Å². The largest absolute Gasteiger partial charge is 0.411 e. The lowest BCUT2D eigenvalue weighted by molar-refractivity contribution is -0.170. The van der Waals surface area contributed by atoms with Crippen LogP contribution in [0.15, 0.2) is 24.3 Å². The van der Waals surface area contributed by atoms with E-state index in [1.54, 1.807) is 30.9 Å². The number of H-pyrrole nitrogens is 1. The van der Waals surface area contributed by atoms with E-state index in [-0.39, 0.29) is 29.6 Å². The van der Waals surface area contributed by atoms with Crippen LogP contribution in [0.1, 0.15) is 78.1 Å².